The monoisotopic (exact) mass is 420 g/mol. The zero-order chi connectivity index (χ0) is 21.0. The molecule has 3 aromatic rings. The molecule has 0 saturated carbocycles. The lowest BCUT2D eigenvalue weighted by Crippen LogP contribution is -2.48. The Morgan fingerprint density at radius 1 is 0.800 bits per heavy atom. The predicted octanol–water partition coefficient (Wildman–Crippen LogP) is 4.54. The van der Waals surface area contributed by atoms with E-state index in [2.05, 4.69) is 0 Å². The highest BCUT2D eigenvalue weighted by molar-refractivity contribution is 7.91. The van der Waals surface area contributed by atoms with Crippen molar-refractivity contribution in [1.82, 2.24) is 0 Å². The van der Waals surface area contributed by atoms with Crippen LogP contribution in [0.2, 0.25) is 0 Å². The molecule has 0 bridgehead atoms. The van der Waals surface area contributed by atoms with E-state index in [0.717, 1.165) is 11.1 Å². The highest BCUT2D eigenvalue weighted by Gasteiger charge is 2.47. The van der Waals surface area contributed by atoms with E-state index in [4.69, 9.17) is 4.74 Å². The molecule has 1 heterocycles. The van der Waals surface area contributed by atoms with E-state index in [-0.39, 0.29) is 23.0 Å². The van der Waals surface area contributed by atoms with E-state index >= 15 is 0 Å². The quantitative estimate of drug-likeness (QED) is 0.549. The third kappa shape index (κ3) is 3.90. The summed E-state index contributed by atoms with van der Waals surface area (Å²) in [5.74, 6) is -0.365. The van der Waals surface area contributed by atoms with Crippen LogP contribution in [0.15, 0.2) is 95.9 Å². The number of benzene rings is 3. The van der Waals surface area contributed by atoms with Crippen molar-refractivity contribution in [3.63, 3.8) is 0 Å². The number of sulfone groups is 1. The molecule has 30 heavy (non-hydrogen) atoms. The summed E-state index contributed by atoms with van der Waals surface area (Å²) in [5, 5.41) is 0. The van der Waals surface area contributed by atoms with Gasteiger partial charge in [-0.05, 0) is 36.1 Å². The minimum absolute atomic E-state index is 0.0869. The lowest BCUT2D eigenvalue weighted by atomic mass is 9.65. The van der Waals surface area contributed by atoms with Crippen LogP contribution >= 0.6 is 0 Å². The fourth-order valence-electron chi connectivity index (χ4n) is 4.39. The topological polar surface area (TPSA) is 60.4 Å². The molecule has 0 aromatic heterocycles. The van der Waals surface area contributed by atoms with Crippen LogP contribution in [0.25, 0.3) is 0 Å². The molecule has 1 fully saturated rings. The van der Waals surface area contributed by atoms with Crippen molar-refractivity contribution in [2.75, 3.05) is 5.75 Å². The second-order valence-corrected chi connectivity index (χ2v) is 9.71. The van der Waals surface area contributed by atoms with Crippen LogP contribution < -0.4 is 0 Å². The minimum Gasteiger partial charge on any atom is -0.461 e. The van der Waals surface area contributed by atoms with Gasteiger partial charge in [0.15, 0.2) is 9.84 Å². The normalized spacial score (nSPS) is 18.5. The second kappa shape index (κ2) is 8.44. The van der Waals surface area contributed by atoms with Crippen molar-refractivity contribution >= 4 is 15.8 Å². The van der Waals surface area contributed by atoms with Gasteiger partial charge in [-0.25, -0.2) is 8.42 Å². The van der Waals surface area contributed by atoms with Gasteiger partial charge >= 0.3 is 5.97 Å². The standard InChI is InChI=1S/C25H24O4S/c26-24-16-18-25(20-10-4-1-5-11-20,21-12-6-2-7-13-21)23(29-24)17-19-30(27,28)22-14-8-3-9-15-22/h1-15,23H,16-19H2/t23-/m0/s1. The molecule has 0 N–H and O–H groups in total. The summed E-state index contributed by atoms with van der Waals surface area (Å²) in [6, 6.07) is 28.3. The van der Waals surface area contributed by atoms with Crippen molar-refractivity contribution in [3.8, 4) is 0 Å². The van der Waals surface area contributed by atoms with Crippen molar-refractivity contribution in [1.29, 1.82) is 0 Å². The molecule has 3 aromatic carbocycles. The SMILES string of the molecule is O=C1CCC(c2ccccc2)(c2ccccc2)[C@H](CCS(=O)(=O)c2ccccc2)O1. The average molecular weight is 421 g/mol. The molecule has 4 nitrogen and oxygen atoms in total. The third-order valence-corrected chi connectivity index (χ3v) is 7.64. The summed E-state index contributed by atoms with van der Waals surface area (Å²) in [5.41, 5.74) is 1.49. The highest BCUT2D eigenvalue weighted by Crippen LogP contribution is 2.45. The first kappa shape index (κ1) is 20.4. The number of carbonyl (C=O) groups excluding carboxylic acids is 1. The van der Waals surface area contributed by atoms with Crippen molar-refractivity contribution in [2.24, 2.45) is 0 Å². The minimum atomic E-state index is -3.48. The van der Waals surface area contributed by atoms with Crippen LogP contribution in [0.1, 0.15) is 30.4 Å². The largest absolute Gasteiger partial charge is 0.461 e. The zero-order valence-electron chi connectivity index (χ0n) is 16.6. The van der Waals surface area contributed by atoms with Crippen LogP contribution in [0.3, 0.4) is 0 Å². The van der Waals surface area contributed by atoms with E-state index in [9.17, 15) is 13.2 Å². The first-order chi connectivity index (χ1) is 14.5. The Morgan fingerprint density at radius 2 is 1.30 bits per heavy atom. The van der Waals surface area contributed by atoms with Gasteiger partial charge in [0, 0.05) is 6.42 Å². The summed E-state index contributed by atoms with van der Waals surface area (Å²) in [7, 11) is -3.48. The highest BCUT2D eigenvalue weighted by atomic mass is 32.2. The molecule has 0 unspecified atom stereocenters. The molecule has 4 rings (SSSR count). The van der Waals surface area contributed by atoms with Gasteiger partial charge in [-0.3, -0.25) is 4.79 Å². The van der Waals surface area contributed by atoms with Crippen LogP contribution in [-0.4, -0.2) is 26.2 Å². The van der Waals surface area contributed by atoms with Gasteiger partial charge < -0.3 is 4.74 Å². The molecular formula is C25H24O4S. The number of hydrogen-bond acceptors (Lipinski definition) is 4. The van der Waals surface area contributed by atoms with E-state index in [1.807, 2.05) is 60.7 Å². The van der Waals surface area contributed by atoms with Gasteiger partial charge in [-0.2, -0.15) is 0 Å². The number of cyclic esters (lactones) is 1. The summed E-state index contributed by atoms with van der Waals surface area (Å²) in [6.07, 6.45) is 0.538. The Hall–Kier alpha value is -2.92. The molecule has 5 heteroatoms. The summed E-state index contributed by atoms with van der Waals surface area (Å²) in [4.78, 5) is 12.5. The summed E-state index contributed by atoms with van der Waals surface area (Å²) < 4.78 is 31.6. The molecule has 1 saturated heterocycles. The van der Waals surface area contributed by atoms with Crippen molar-refractivity contribution in [3.05, 3.63) is 102 Å². The molecule has 0 radical (unpaired) electrons. The molecule has 1 aliphatic rings. The van der Waals surface area contributed by atoms with E-state index in [0.29, 0.717) is 12.8 Å². The molecule has 0 aliphatic carbocycles. The van der Waals surface area contributed by atoms with Gasteiger partial charge in [0.1, 0.15) is 6.10 Å². The van der Waals surface area contributed by atoms with E-state index in [1.165, 1.54) is 0 Å². The van der Waals surface area contributed by atoms with Crippen LogP contribution in [0, 0.1) is 0 Å². The number of carbonyl (C=O) groups is 1. The zero-order valence-corrected chi connectivity index (χ0v) is 17.4. The number of hydrogen-bond donors (Lipinski definition) is 0. The van der Waals surface area contributed by atoms with E-state index in [1.54, 1.807) is 30.3 Å². The van der Waals surface area contributed by atoms with E-state index < -0.39 is 21.4 Å². The van der Waals surface area contributed by atoms with Gasteiger partial charge in [-0.15, -0.1) is 0 Å². The predicted molar refractivity (Wildman–Crippen MR) is 116 cm³/mol. The maximum atomic E-state index is 12.9. The number of ether oxygens (including phenoxy) is 1. The van der Waals surface area contributed by atoms with Crippen LogP contribution in [0.4, 0.5) is 0 Å². The molecule has 154 valence electrons. The maximum Gasteiger partial charge on any atom is 0.306 e. The summed E-state index contributed by atoms with van der Waals surface area (Å²) >= 11 is 0. The molecule has 0 spiro atoms. The van der Waals surface area contributed by atoms with Gasteiger partial charge in [0.05, 0.1) is 16.1 Å². The fraction of sp³-hybridized carbons (Fsp3) is 0.240. The Kier molecular flexibility index (Phi) is 5.73. The lowest BCUT2D eigenvalue weighted by molar-refractivity contribution is -0.158. The number of esters is 1. The Morgan fingerprint density at radius 3 is 1.83 bits per heavy atom. The fourth-order valence-corrected chi connectivity index (χ4v) is 5.72. The van der Waals surface area contributed by atoms with Gasteiger partial charge in [0.2, 0.25) is 0 Å². The first-order valence-electron chi connectivity index (χ1n) is 10.1. The number of rotatable bonds is 6. The van der Waals surface area contributed by atoms with Crippen LogP contribution in [0.5, 0.6) is 0 Å². The van der Waals surface area contributed by atoms with Crippen molar-refractivity contribution in [2.45, 2.75) is 35.7 Å². The smallest absolute Gasteiger partial charge is 0.306 e. The van der Waals surface area contributed by atoms with Gasteiger partial charge in [-0.1, -0.05) is 78.9 Å². The lowest BCUT2D eigenvalue weighted by Gasteiger charge is -2.44. The molecular weight excluding hydrogens is 396 g/mol. The van der Waals surface area contributed by atoms with Crippen LogP contribution in [-0.2, 0) is 24.8 Å². The average Bonchev–Trinajstić information content (AvgIpc) is 2.80. The Labute approximate surface area is 177 Å². The maximum absolute atomic E-state index is 12.9. The van der Waals surface area contributed by atoms with Gasteiger partial charge in [0.25, 0.3) is 0 Å². The molecule has 0 amide bonds. The molecule has 1 atom stereocenters. The Balaban J connectivity index is 1.74. The van der Waals surface area contributed by atoms with Crippen molar-refractivity contribution < 1.29 is 17.9 Å². The first-order valence-corrected chi connectivity index (χ1v) is 11.8. The molecule has 1 aliphatic heterocycles. The third-order valence-electron chi connectivity index (χ3n) is 5.88. The second-order valence-electron chi connectivity index (χ2n) is 7.60. The summed E-state index contributed by atoms with van der Waals surface area (Å²) in [6.45, 7) is 0. The Bertz CT molecular complexity index is 1050.